The molecule has 2 N–H and O–H groups in total. The van der Waals surface area contributed by atoms with Gasteiger partial charge in [0.1, 0.15) is 6.04 Å². The number of imidazole rings is 1. The normalized spacial score (nSPS) is 17.2. The van der Waals surface area contributed by atoms with Gasteiger partial charge in [-0.3, -0.25) is 19.5 Å². The monoisotopic (exact) mass is 350 g/mol. The van der Waals surface area contributed by atoms with Crippen LogP contribution in [0.3, 0.4) is 0 Å². The Hall–Kier alpha value is -3.55. The lowest BCUT2D eigenvalue weighted by Gasteiger charge is -2.12. The van der Waals surface area contributed by atoms with Gasteiger partial charge in [-0.2, -0.15) is 0 Å². The number of rotatable bonds is 3. The number of nitrogens with zero attached hydrogens (tertiary/aromatic N) is 2. The van der Waals surface area contributed by atoms with Crippen LogP contribution in [-0.4, -0.2) is 28.2 Å². The molecule has 3 heterocycles. The van der Waals surface area contributed by atoms with Gasteiger partial charge >= 0.3 is 0 Å². The Labute approximate surface area is 147 Å². The molecule has 8 heteroatoms. The van der Waals surface area contributed by atoms with Gasteiger partial charge in [-0.05, 0) is 24.3 Å². The van der Waals surface area contributed by atoms with Gasteiger partial charge in [0.25, 0.3) is 0 Å². The van der Waals surface area contributed by atoms with Crippen LogP contribution in [-0.2, 0) is 9.59 Å². The van der Waals surface area contributed by atoms with Crippen molar-refractivity contribution in [2.45, 2.75) is 12.5 Å². The van der Waals surface area contributed by atoms with Gasteiger partial charge in [-0.25, -0.2) is 4.98 Å². The van der Waals surface area contributed by atoms with Crippen LogP contribution in [0, 0.1) is 0 Å². The topological polar surface area (TPSA) is 94.5 Å². The second kappa shape index (κ2) is 5.48. The average Bonchev–Trinajstić information content (AvgIpc) is 3.29. The Morgan fingerprint density at radius 2 is 2.08 bits per heavy atom. The van der Waals surface area contributed by atoms with E-state index in [0.29, 0.717) is 23.1 Å². The Kier molecular flexibility index (Phi) is 3.11. The van der Waals surface area contributed by atoms with Crippen molar-refractivity contribution in [3.8, 4) is 11.5 Å². The number of benzene rings is 2. The zero-order valence-corrected chi connectivity index (χ0v) is 13.6. The number of carbonyl (C=O) groups is 2. The molecule has 2 amide bonds. The molecule has 0 fully saturated rings. The van der Waals surface area contributed by atoms with Gasteiger partial charge in [0.2, 0.25) is 24.6 Å². The number of amides is 2. The van der Waals surface area contributed by atoms with E-state index in [9.17, 15) is 9.59 Å². The molecule has 8 nitrogen and oxygen atoms in total. The quantitative estimate of drug-likeness (QED) is 0.756. The smallest absolute Gasteiger partial charge is 0.250 e. The molecule has 1 atom stereocenters. The Balaban J connectivity index is 1.38. The fourth-order valence-corrected chi connectivity index (χ4v) is 3.30. The Bertz CT molecular complexity index is 1060. The van der Waals surface area contributed by atoms with E-state index in [2.05, 4.69) is 15.6 Å². The number of para-hydroxylation sites is 2. The number of hydrogen-bond donors (Lipinski definition) is 2. The second-order valence-electron chi connectivity index (χ2n) is 6.12. The Morgan fingerprint density at radius 3 is 3.00 bits per heavy atom. The minimum atomic E-state index is -0.633. The van der Waals surface area contributed by atoms with Crippen LogP contribution in [0.4, 0.5) is 11.6 Å². The lowest BCUT2D eigenvalue weighted by Crippen LogP contribution is -2.23. The van der Waals surface area contributed by atoms with Crippen LogP contribution >= 0.6 is 0 Å². The van der Waals surface area contributed by atoms with Gasteiger partial charge in [-0.15, -0.1) is 0 Å². The number of fused-ring (bicyclic) bond motifs is 4. The van der Waals surface area contributed by atoms with E-state index >= 15 is 0 Å². The lowest BCUT2D eigenvalue weighted by atomic mass is 10.1. The SMILES string of the molecule is O=C(CC1C(=O)Nc2nc3ccccc3n21)Nc1ccc2c(c1)OCO2. The summed E-state index contributed by atoms with van der Waals surface area (Å²) >= 11 is 0. The van der Waals surface area contributed by atoms with Gasteiger partial charge in [0, 0.05) is 11.8 Å². The van der Waals surface area contributed by atoms with Crippen LogP contribution in [0.2, 0.25) is 0 Å². The van der Waals surface area contributed by atoms with Crippen molar-refractivity contribution >= 4 is 34.5 Å². The Morgan fingerprint density at radius 1 is 1.23 bits per heavy atom. The number of carbonyl (C=O) groups excluding carboxylic acids is 2. The highest BCUT2D eigenvalue weighted by Crippen LogP contribution is 2.35. The molecular formula is C18H14N4O4. The minimum Gasteiger partial charge on any atom is -0.454 e. The maximum Gasteiger partial charge on any atom is 0.250 e. The standard InChI is InChI=1S/C18H14N4O4/c23-16(19-10-5-6-14-15(7-10)26-9-25-14)8-13-17(24)21-18-20-11-3-1-2-4-12(11)22(13)18/h1-7,13H,8-9H2,(H,19,23)(H,20,21,24). The van der Waals surface area contributed by atoms with Crippen LogP contribution in [0.25, 0.3) is 11.0 Å². The summed E-state index contributed by atoms with van der Waals surface area (Å²) in [6.07, 6.45) is 0.00757. The molecule has 130 valence electrons. The van der Waals surface area contributed by atoms with E-state index in [1.807, 2.05) is 24.3 Å². The van der Waals surface area contributed by atoms with Gasteiger partial charge in [0.15, 0.2) is 11.5 Å². The summed E-state index contributed by atoms with van der Waals surface area (Å²) in [5, 5.41) is 5.54. The molecule has 1 unspecified atom stereocenters. The highest BCUT2D eigenvalue weighted by molar-refractivity contribution is 6.03. The van der Waals surface area contributed by atoms with Crippen molar-refractivity contribution in [3.63, 3.8) is 0 Å². The molecule has 0 saturated heterocycles. The van der Waals surface area contributed by atoms with Gasteiger partial charge in [-0.1, -0.05) is 12.1 Å². The molecule has 0 saturated carbocycles. The molecular weight excluding hydrogens is 336 g/mol. The number of hydrogen-bond acceptors (Lipinski definition) is 5. The minimum absolute atomic E-state index is 0.00757. The van der Waals surface area contributed by atoms with Crippen LogP contribution in [0.15, 0.2) is 42.5 Å². The summed E-state index contributed by atoms with van der Waals surface area (Å²) in [4.78, 5) is 29.2. The summed E-state index contributed by atoms with van der Waals surface area (Å²) < 4.78 is 12.3. The van der Waals surface area contributed by atoms with Crippen molar-refractivity contribution < 1.29 is 19.1 Å². The van der Waals surface area contributed by atoms with Crippen LogP contribution in [0.5, 0.6) is 11.5 Å². The van der Waals surface area contributed by atoms with Gasteiger partial charge < -0.3 is 14.8 Å². The zero-order valence-electron chi connectivity index (χ0n) is 13.6. The second-order valence-corrected chi connectivity index (χ2v) is 6.12. The van der Waals surface area contributed by atoms with Crippen molar-refractivity contribution in [1.29, 1.82) is 0 Å². The summed E-state index contributed by atoms with van der Waals surface area (Å²) in [6.45, 7) is 0.172. The third-order valence-electron chi connectivity index (χ3n) is 4.48. The highest BCUT2D eigenvalue weighted by Gasteiger charge is 2.34. The predicted molar refractivity (Wildman–Crippen MR) is 93.2 cm³/mol. The van der Waals surface area contributed by atoms with Crippen molar-refractivity contribution in [2.24, 2.45) is 0 Å². The van der Waals surface area contributed by atoms with E-state index in [1.165, 1.54) is 0 Å². The predicted octanol–water partition coefficient (Wildman–Crippen LogP) is 2.29. The first kappa shape index (κ1) is 14.8. The van der Waals surface area contributed by atoms with E-state index in [-0.39, 0.29) is 25.0 Å². The first-order chi connectivity index (χ1) is 12.7. The molecule has 26 heavy (non-hydrogen) atoms. The summed E-state index contributed by atoms with van der Waals surface area (Å²) in [5.41, 5.74) is 2.19. The van der Waals surface area contributed by atoms with E-state index < -0.39 is 6.04 Å². The summed E-state index contributed by atoms with van der Waals surface area (Å²) in [5.74, 6) is 1.20. The average molecular weight is 350 g/mol. The number of aromatic nitrogens is 2. The first-order valence-electron chi connectivity index (χ1n) is 8.16. The molecule has 3 aromatic rings. The largest absolute Gasteiger partial charge is 0.454 e. The molecule has 2 aliphatic rings. The van der Waals surface area contributed by atoms with Crippen LogP contribution < -0.4 is 20.1 Å². The lowest BCUT2D eigenvalue weighted by molar-refractivity contribution is -0.123. The molecule has 5 rings (SSSR count). The molecule has 1 aromatic heterocycles. The van der Waals surface area contributed by atoms with Crippen molar-refractivity contribution in [2.75, 3.05) is 17.4 Å². The highest BCUT2D eigenvalue weighted by atomic mass is 16.7. The molecule has 0 bridgehead atoms. The molecule has 0 radical (unpaired) electrons. The van der Waals surface area contributed by atoms with Crippen molar-refractivity contribution in [1.82, 2.24) is 9.55 Å². The summed E-state index contributed by atoms with van der Waals surface area (Å²) in [6, 6.07) is 12.1. The number of anilines is 2. The zero-order chi connectivity index (χ0) is 17.7. The van der Waals surface area contributed by atoms with Crippen molar-refractivity contribution in [3.05, 3.63) is 42.5 Å². The van der Waals surface area contributed by atoms with Gasteiger partial charge in [0.05, 0.1) is 17.5 Å². The molecule has 2 aromatic carbocycles. The number of ether oxygens (including phenoxy) is 2. The third-order valence-corrected chi connectivity index (χ3v) is 4.48. The maximum atomic E-state index is 12.5. The summed E-state index contributed by atoms with van der Waals surface area (Å²) in [7, 11) is 0. The first-order valence-corrected chi connectivity index (χ1v) is 8.16. The van der Waals surface area contributed by atoms with Crippen LogP contribution in [0.1, 0.15) is 12.5 Å². The molecule has 2 aliphatic heterocycles. The molecule has 0 aliphatic carbocycles. The van der Waals surface area contributed by atoms with E-state index in [0.717, 1.165) is 11.0 Å². The fraction of sp³-hybridized carbons (Fsp3) is 0.167. The third kappa shape index (κ3) is 2.26. The number of nitrogens with one attached hydrogen (secondary N) is 2. The van der Waals surface area contributed by atoms with E-state index in [1.54, 1.807) is 22.8 Å². The van der Waals surface area contributed by atoms with E-state index in [4.69, 9.17) is 9.47 Å². The maximum absolute atomic E-state index is 12.5. The fourth-order valence-electron chi connectivity index (χ4n) is 3.30. The molecule has 0 spiro atoms.